The summed E-state index contributed by atoms with van der Waals surface area (Å²) < 4.78 is 0. The molecule has 19 heavy (non-hydrogen) atoms. The van der Waals surface area contributed by atoms with Gasteiger partial charge in [-0.3, -0.25) is 14.4 Å². The van der Waals surface area contributed by atoms with Crippen molar-refractivity contribution in [2.24, 2.45) is 17.6 Å². The second kappa shape index (κ2) is 5.09. The minimum absolute atomic E-state index is 0.300. The lowest BCUT2D eigenvalue weighted by Gasteiger charge is -2.31. The molecule has 0 aliphatic heterocycles. The quantitative estimate of drug-likeness (QED) is 0.746. The first kappa shape index (κ1) is 13.1. The van der Waals surface area contributed by atoms with Gasteiger partial charge in [-0.05, 0) is 37.1 Å². The summed E-state index contributed by atoms with van der Waals surface area (Å²) in [6.07, 6.45) is 1.12. The maximum Gasteiger partial charge on any atom is 0.307 e. The molecule has 0 bridgehead atoms. The fourth-order valence-corrected chi connectivity index (χ4v) is 2.06. The minimum Gasteiger partial charge on any atom is -0.481 e. The minimum atomic E-state index is -0.935. The molecule has 1 aliphatic carbocycles. The SMILES string of the molecule is NC(=O)c1ccc(NC(=O)C2CCC2C(=O)O)cc1. The normalized spacial score (nSPS) is 21.3. The summed E-state index contributed by atoms with van der Waals surface area (Å²) in [5.41, 5.74) is 5.98. The van der Waals surface area contributed by atoms with Gasteiger partial charge in [0.05, 0.1) is 11.8 Å². The molecule has 1 fully saturated rings. The molecular weight excluding hydrogens is 248 g/mol. The van der Waals surface area contributed by atoms with Crippen molar-refractivity contribution in [3.05, 3.63) is 29.8 Å². The summed E-state index contributed by atoms with van der Waals surface area (Å²) in [5.74, 6) is -2.85. The highest BCUT2D eigenvalue weighted by molar-refractivity contribution is 5.97. The Morgan fingerprint density at radius 2 is 1.68 bits per heavy atom. The number of carbonyl (C=O) groups excluding carboxylic acids is 2. The maximum absolute atomic E-state index is 11.9. The number of nitrogens with two attached hydrogens (primary N) is 1. The highest BCUT2D eigenvalue weighted by Crippen LogP contribution is 2.35. The zero-order valence-electron chi connectivity index (χ0n) is 10.1. The molecule has 100 valence electrons. The van der Waals surface area contributed by atoms with Crippen molar-refractivity contribution in [2.75, 3.05) is 5.32 Å². The Bertz CT molecular complexity index is 524. The molecular formula is C13H14N2O4. The smallest absolute Gasteiger partial charge is 0.307 e. The lowest BCUT2D eigenvalue weighted by Crippen LogP contribution is -2.41. The molecule has 2 rings (SSSR count). The Hall–Kier alpha value is -2.37. The van der Waals surface area contributed by atoms with Crippen molar-refractivity contribution in [1.82, 2.24) is 0 Å². The summed E-state index contributed by atoms with van der Waals surface area (Å²) in [6.45, 7) is 0. The Morgan fingerprint density at radius 3 is 2.11 bits per heavy atom. The monoisotopic (exact) mass is 262 g/mol. The average molecular weight is 262 g/mol. The molecule has 6 heteroatoms. The van der Waals surface area contributed by atoms with Gasteiger partial charge in [0, 0.05) is 11.3 Å². The number of benzene rings is 1. The van der Waals surface area contributed by atoms with Gasteiger partial charge in [-0.1, -0.05) is 0 Å². The number of rotatable bonds is 4. The Labute approximate surface area is 109 Å². The summed E-state index contributed by atoms with van der Waals surface area (Å²) in [6, 6.07) is 6.14. The van der Waals surface area contributed by atoms with Crippen LogP contribution in [0, 0.1) is 11.8 Å². The molecule has 1 aromatic carbocycles. The third kappa shape index (κ3) is 2.73. The van der Waals surface area contributed by atoms with Gasteiger partial charge in [-0.25, -0.2) is 0 Å². The van der Waals surface area contributed by atoms with Crippen LogP contribution in [0.25, 0.3) is 0 Å². The largest absolute Gasteiger partial charge is 0.481 e. The fourth-order valence-electron chi connectivity index (χ4n) is 2.06. The van der Waals surface area contributed by atoms with Crippen LogP contribution in [0.5, 0.6) is 0 Å². The van der Waals surface area contributed by atoms with Crippen LogP contribution in [0.4, 0.5) is 5.69 Å². The van der Waals surface area contributed by atoms with E-state index in [9.17, 15) is 14.4 Å². The second-order valence-electron chi connectivity index (χ2n) is 4.56. The van der Waals surface area contributed by atoms with E-state index in [1.165, 1.54) is 12.1 Å². The molecule has 0 spiro atoms. The van der Waals surface area contributed by atoms with Crippen LogP contribution < -0.4 is 11.1 Å². The molecule has 4 N–H and O–H groups in total. The summed E-state index contributed by atoms with van der Waals surface area (Å²) in [7, 11) is 0. The van der Waals surface area contributed by atoms with E-state index < -0.39 is 23.7 Å². The standard InChI is InChI=1S/C13H14N2O4/c14-11(16)7-1-3-8(4-2-7)15-12(17)9-5-6-10(9)13(18)19/h1-4,9-10H,5-6H2,(H2,14,16)(H,15,17)(H,18,19). The molecule has 1 aliphatic rings. The topological polar surface area (TPSA) is 109 Å². The van der Waals surface area contributed by atoms with Gasteiger partial charge in [0.15, 0.2) is 0 Å². The molecule has 1 aromatic rings. The van der Waals surface area contributed by atoms with Crippen molar-refractivity contribution in [2.45, 2.75) is 12.8 Å². The van der Waals surface area contributed by atoms with Crippen molar-refractivity contribution < 1.29 is 19.5 Å². The van der Waals surface area contributed by atoms with Crippen LogP contribution in [-0.4, -0.2) is 22.9 Å². The Morgan fingerprint density at radius 1 is 1.11 bits per heavy atom. The van der Waals surface area contributed by atoms with Crippen molar-refractivity contribution in [1.29, 1.82) is 0 Å². The molecule has 0 saturated heterocycles. The number of primary amides is 1. The van der Waals surface area contributed by atoms with Crippen LogP contribution in [0.2, 0.25) is 0 Å². The first-order valence-corrected chi connectivity index (χ1v) is 5.92. The average Bonchev–Trinajstić information content (AvgIpc) is 2.27. The molecule has 0 aromatic heterocycles. The zero-order chi connectivity index (χ0) is 14.0. The first-order valence-electron chi connectivity index (χ1n) is 5.92. The van der Waals surface area contributed by atoms with E-state index in [1.807, 2.05) is 0 Å². The molecule has 2 atom stereocenters. The number of hydrogen-bond donors (Lipinski definition) is 3. The van der Waals surface area contributed by atoms with Crippen molar-refractivity contribution >= 4 is 23.5 Å². The van der Waals surface area contributed by atoms with Crippen LogP contribution in [0.15, 0.2) is 24.3 Å². The van der Waals surface area contributed by atoms with Crippen LogP contribution in [0.3, 0.4) is 0 Å². The summed E-state index contributed by atoms with van der Waals surface area (Å²) in [4.78, 5) is 33.6. The summed E-state index contributed by atoms with van der Waals surface area (Å²) >= 11 is 0. The number of nitrogens with one attached hydrogen (secondary N) is 1. The molecule has 0 heterocycles. The van der Waals surface area contributed by atoms with Crippen molar-refractivity contribution in [3.63, 3.8) is 0 Å². The van der Waals surface area contributed by atoms with Gasteiger partial charge >= 0.3 is 5.97 Å². The van der Waals surface area contributed by atoms with E-state index in [4.69, 9.17) is 10.8 Å². The number of anilines is 1. The molecule has 2 amide bonds. The van der Waals surface area contributed by atoms with Gasteiger partial charge in [-0.2, -0.15) is 0 Å². The predicted octanol–water partition coefficient (Wildman–Crippen LogP) is 0.835. The number of carboxylic acid groups (broad SMARTS) is 1. The Kier molecular flexibility index (Phi) is 3.50. The van der Waals surface area contributed by atoms with Gasteiger partial charge in [0.25, 0.3) is 0 Å². The number of carbonyl (C=O) groups is 3. The van der Waals surface area contributed by atoms with Crippen LogP contribution in [-0.2, 0) is 9.59 Å². The van der Waals surface area contributed by atoms with Gasteiger partial charge < -0.3 is 16.2 Å². The van der Waals surface area contributed by atoms with Gasteiger partial charge in [0.2, 0.25) is 11.8 Å². The lowest BCUT2D eigenvalue weighted by atomic mass is 9.73. The van der Waals surface area contributed by atoms with E-state index in [0.717, 1.165) is 0 Å². The third-order valence-electron chi connectivity index (χ3n) is 3.37. The van der Waals surface area contributed by atoms with Gasteiger partial charge in [0.1, 0.15) is 0 Å². The number of amides is 2. The third-order valence-corrected chi connectivity index (χ3v) is 3.37. The molecule has 0 radical (unpaired) electrons. The van der Waals surface area contributed by atoms with Crippen LogP contribution in [0.1, 0.15) is 23.2 Å². The summed E-state index contributed by atoms with van der Waals surface area (Å²) in [5, 5.41) is 11.5. The first-order chi connectivity index (χ1) is 8.99. The number of carboxylic acids is 1. The molecule has 2 unspecified atom stereocenters. The van der Waals surface area contributed by atoms with Crippen molar-refractivity contribution in [3.8, 4) is 0 Å². The number of hydrogen-bond acceptors (Lipinski definition) is 3. The molecule has 1 saturated carbocycles. The highest BCUT2D eigenvalue weighted by Gasteiger charge is 2.41. The zero-order valence-corrected chi connectivity index (χ0v) is 10.1. The fraction of sp³-hybridized carbons (Fsp3) is 0.308. The second-order valence-corrected chi connectivity index (χ2v) is 4.56. The van der Waals surface area contributed by atoms with Gasteiger partial charge in [-0.15, -0.1) is 0 Å². The van der Waals surface area contributed by atoms with E-state index in [0.29, 0.717) is 24.1 Å². The predicted molar refractivity (Wildman–Crippen MR) is 67.4 cm³/mol. The van der Waals surface area contributed by atoms with E-state index in [1.54, 1.807) is 12.1 Å². The maximum atomic E-state index is 11.9. The van der Waals surface area contributed by atoms with Crippen LogP contribution >= 0.6 is 0 Å². The van der Waals surface area contributed by atoms with E-state index in [-0.39, 0.29) is 5.91 Å². The van der Waals surface area contributed by atoms with E-state index >= 15 is 0 Å². The lowest BCUT2D eigenvalue weighted by molar-refractivity contribution is -0.151. The Balaban J connectivity index is 1.99. The highest BCUT2D eigenvalue weighted by atomic mass is 16.4. The van der Waals surface area contributed by atoms with E-state index in [2.05, 4.69) is 5.32 Å². The number of aliphatic carboxylic acids is 1. The molecule has 6 nitrogen and oxygen atoms in total.